The van der Waals surface area contributed by atoms with Gasteiger partial charge in [-0.05, 0) is 12.1 Å². The van der Waals surface area contributed by atoms with Gasteiger partial charge in [-0.2, -0.15) is 4.98 Å². The summed E-state index contributed by atoms with van der Waals surface area (Å²) in [5.74, 6) is 0.419. The monoisotopic (exact) mass is 244 g/mol. The number of aromatic nitrogens is 2. The van der Waals surface area contributed by atoms with Crippen LogP contribution in [0.2, 0.25) is 0 Å². The van der Waals surface area contributed by atoms with Crippen molar-refractivity contribution in [3.63, 3.8) is 0 Å². The van der Waals surface area contributed by atoms with Crippen molar-refractivity contribution in [1.29, 1.82) is 0 Å². The lowest BCUT2D eigenvalue weighted by molar-refractivity contribution is 0.0962. The Morgan fingerprint density at radius 3 is 2.72 bits per heavy atom. The Morgan fingerprint density at radius 1 is 1.22 bits per heavy atom. The SMILES string of the molecule is COc1ccnc(NNC(=O)c2ccccc2)n1. The molecule has 0 aliphatic carbocycles. The van der Waals surface area contributed by atoms with E-state index in [2.05, 4.69) is 20.8 Å². The molecule has 18 heavy (non-hydrogen) atoms. The Labute approximate surface area is 104 Å². The number of amides is 1. The van der Waals surface area contributed by atoms with E-state index in [4.69, 9.17) is 4.74 Å². The van der Waals surface area contributed by atoms with Crippen molar-refractivity contribution in [2.45, 2.75) is 0 Å². The molecule has 0 spiro atoms. The van der Waals surface area contributed by atoms with Gasteiger partial charge in [-0.25, -0.2) is 4.98 Å². The second kappa shape index (κ2) is 5.62. The first kappa shape index (κ1) is 11.8. The van der Waals surface area contributed by atoms with Crippen LogP contribution in [0, 0.1) is 0 Å². The van der Waals surface area contributed by atoms with Crippen molar-refractivity contribution >= 4 is 11.9 Å². The number of methoxy groups -OCH3 is 1. The van der Waals surface area contributed by atoms with Gasteiger partial charge in [0.1, 0.15) is 0 Å². The van der Waals surface area contributed by atoms with Crippen LogP contribution in [0.25, 0.3) is 0 Å². The molecule has 0 aliphatic heterocycles. The Kier molecular flexibility index (Phi) is 3.70. The molecule has 0 fully saturated rings. The number of carbonyl (C=O) groups is 1. The van der Waals surface area contributed by atoms with Gasteiger partial charge in [0, 0.05) is 17.8 Å². The molecule has 0 unspecified atom stereocenters. The van der Waals surface area contributed by atoms with Crippen LogP contribution in [-0.2, 0) is 0 Å². The highest BCUT2D eigenvalue weighted by atomic mass is 16.5. The third-order valence-corrected chi connectivity index (χ3v) is 2.16. The summed E-state index contributed by atoms with van der Waals surface area (Å²) in [4.78, 5) is 19.6. The van der Waals surface area contributed by atoms with E-state index in [0.717, 1.165) is 0 Å². The zero-order valence-corrected chi connectivity index (χ0v) is 9.75. The molecule has 2 rings (SSSR count). The largest absolute Gasteiger partial charge is 0.481 e. The molecular weight excluding hydrogens is 232 g/mol. The summed E-state index contributed by atoms with van der Waals surface area (Å²) in [6, 6.07) is 10.5. The quantitative estimate of drug-likeness (QED) is 0.791. The minimum absolute atomic E-state index is 0.262. The lowest BCUT2D eigenvalue weighted by atomic mass is 10.2. The summed E-state index contributed by atoms with van der Waals surface area (Å²) >= 11 is 0. The number of hydrazine groups is 1. The molecule has 0 bridgehead atoms. The number of rotatable bonds is 4. The minimum Gasteiger partial charge on any atom is -0.481 e. The molecule has 92 valence electrons. The highest BCUT2D eigenvalue weighted by Crippen LogP contribution is 2.06. The summed E-state index contributed by atoms with van der Waals surface area (Å²) in [6.45, 7) is 0. The molecule has 0 radical (unpaired) electrons. The van der Waals surface area contributed by atoms with Gasteiger partial charge in [-0.1, -0.05) is 18.2 Å². The zero-order valence-electron chi connectivity index (χ0n) is 9.75. The van der Waals surface area contributed by atoms with Crippen molar-refractivity contribution in [1.82, 2.24) is 15.4 Å². The third kappa shape index (κ3) is 2.94. The standard InChI is InChI=1S/C12H12N4O2/c1-18-10-7-8-13-12(14-10)16-15-11(17)9-5-3-2-4-6-9/h2-8H,1H3,(H,15,17)(H,13,14,16). The first-order chi connectivity index (χ1) is 8.79. The number of carbonyl (C=O) groups excluding carboxylic acids is 1. The fraction of sp³-hybridized carbons (Fsp3) is 0.0833. The van der Waals surface area contributed by atoms with Crippen molar-refractivity contribution in [3.8, 4) is 5.88 Å². The average Bonchev–Trinajstić information content (AvgIpc) is 2.46. The molecule has 2 N–H and O–H groups in total. The highest BCUT2D eigenvalue weighted by molar-refractivity contribution is 5.94. The maximum absolute atomic E-state index is 11.7. The molecule has 6 nitrogen and oxygen atoms in total. The molecule has 6 heteroatoms. The molecule has 2 aromatic rings. The van der Waals surface area contributed by atoms with E-state index in [1.54, 1.807) is 30.3 Å². The Balaban J connectivity index is 1.97. The molecule has 1 aromatic heterocycles. The predicted molar refractivity (Wildman–Crippen MR) is 66.1 cm³/mol. The minimum atomic E-state index is -0.262. The molecule has 0 saturated heterocycles. The van der Waals surface area contributed by atoms with Crippen LogP contribution in [0.4, 0.5) is 5.95 Å². The van der Waals surface area contributed by atoms with Gasteiger partial charge in [0.25, 0.3) is 5.91 Å². The number of benzene rings is 1. The normalized spacial score (nSPS) is 9.61. The Hall–Kier alpha value is -2.63. The summed E-state index contributed by atoms with van der Waals surface area (Å²) in [7, 11) is 1.51. The number of ether oxygens (including phenoxy) is 1. The van der Waals surface area contributed by atoms with Crippen molar-refractivity contribution in [2.24, 2.45) is 0 Å². The van der Waals surface area contributed by atoms with E-state index in [0.29, 0.717) is 11.4 Å². The topological polar surface area (TPSA) is 76.1 Å². The number of nitrogens with one attached hydrogen (secondary N) is 2. The zero-order chi connectivity index (χ0) is 12.8. The van der Waals surface area contributed by atoms with E-state index in [1.165, 1.54) is 13.3 Å². The molecule has 1 amide bonds. The summed E-state index contributed by atoms with van der Waals surface area (Å²) in [6.07, 6.45) is 1.53. The molecule has 1 aromatic carbocycles. The first-order valence-corrected chi connectivity index (χ1v) is 5.28. The third-order valence-electron chi connectivity index (χ3n) is 2.16. The van der Waals surface area contributed by atoms with Crippen LogP contribution >= 0.6 is 0 Å². The summed E-state index contributed by atoms with van der Waals surface area (Å²) in [5, 5.41) is 0. The van der Waals surface area contributed by atoms with E-state index >= 15 is 0 Å². The van der Waals surface area contributed by atoms with Crippen LogP contribution in [-0.4, -0.2) is 23.0 Å². The molecule has 0 aliphatic rings. The summed E-state index contributed by atoms with van der Waals surface area (Å²) < 4.78 is 4.94. The second-order valence-electron chi connectivity index (χ2n) is 3.37. The summed E-state index contributed by atoms with van der Waals surface area (Å²) in [5.41, 5.74) is 5.66. The van der Waals surface area contributed by atoms with Crippen LogP contribution in [0.5, 0.6) is 5.88 Å². The molecule has 0 atom stereocenters. The van der Waals surface area contributed by atoms with Crippen LogP contribution in [0.1, 0.15) is 10.4 Å². The maximum Gasteiger partial charge on any atom is 0.269 e. The van der Waals surface area contributed by atoms with Gasteiger partial charge in [0.2, 0.25) is 11.8 Å². The van der Waals surface area contributed by atoms with E-state index in [9.17, 15) is 4.79 Å². The number of hydrogen-bond donors (Lipinski definition) is 2. The van der Waals surface area contributed by atoms with E-state index < -0.39 is 0 Å². The molecule has 0 saturated carbocycles. The van der Waals surface area contributed by atoms with Crippen molar-refractivity contribution in [3.05, 3.63) is 48.2 Å². The average molecular weight is 244 g/mol. The predicted octanol–water partition coefficient (Wildman–Crippen LogP) is 1.24. The van der Waals surface area contributed by atoms with Crippen LogP contribution in [0.3, 0.4) is 0 Å². The second-order valence-corrected chi connectivity index (χ2v) is 3.37. The fourth-order valence-electron chi connectivity index (χ4n) is 1.29. The fourth-order valence-corrected chi connectivity index (χ4v) is 1.29. The van der Waals surface area contributed by atoms with Gasteiger partial charge in [-0.15, -0.1) is 0 Å². The van der Waals surface area contributed by atoms with E-state index in [-0.39, 0.29) is 11.9 Å². The van der Waals surface area contributed by atoms with E-state index in [1.807, 2.05) is 6.07 Å². The van der Waals surface area contributed by atoms with Crippen LogP contribution in [0.15, 0.2) is 42.6 Å². The van der Waals surface area contributed by atoms with Crippen LogP contribution < -0.4 is 15.6 Å². The lowest BCUT2D eigenvalue weighted by Crippen LogP contribution is -2.30. The van der Waals surface area contributed by atoms with Gasteiger partial charge < -0.3 is 4.74 Å². The maximum atomic E-state index is 11.7. The van der Waals surface area contributed by atoms with Gasteiger partial charge in [0.05, 0.1) is 7.11 Å². The Bertz CT molecular complexity index is 531. The van der Waals surface area contributed by atoms with Crippen molar-refractivity contribution < 1.29 is 9.53 Å². The first-order valence-electron chi connectivity index (χ1n) is 5.28. The highest BCUT2D eigenvalue weighted by Gasteiger charge is 2.04. The smallest absolute Gasteiger partial charge is 0.269 e. The number of hydrogen-bond acceptors (Lipinski definition) is 5. The van der Waals surface area contributed by atoms with Gasteiger partial charge >= 0.3 is 0 Å². The molecular formula is C12H12N4O2. The Morgan fingerprint density at radius 2 is 2.00 bits per heavy atom. The number of nitrogens with zero attached hydrogens (tertiary/aromatic N) is 2. The van der Waals surface area contributed by atoms with Gasteiger partial charge in [-0.3, -0.25) is 15.6 Å². The molecule has 1 heterocycles. The lowest BCUT2D eigenvalue weighted by Gasteiger charge is -2.07. The van der Waals surface area contributed by atoms with Crippen molar-refractivity contribution in [2.75, 3.05) is 12.5 Å². The van der Waals surface area contributed by atoms with Gasteiger partial charge in [0.15, 0.2) is 0 Å². The number of anilines is 1.